The Hall–Kier alpha value is -2.89. The first-order valence-corrected chi connectivity index (χ1v) is 12.8. The Balaban J connectivity index is 0.00000353. The molecule has 0 radical (unpaired) electrons. The summed E-state index contributed by atoms with van der Waals surface area (Å²) in [5.41, 5.74) is 1.98. The van der Waals surface area contributed by atoms with Crippen molar-refractivity contribution in [1.82, 2.24) is 15.2 Å². The van der Waals surface area contributed by atoms with Crippen molar-refractivity contribution in [3.8, 4) is 0 Å². The molecule has 2 saturated carbocycles. The number of carboxylic acids is 1. The smallest absolute Gasteiger partial charge is 0.550 e. The van der Waals surface area contributed by atoms with E-state index in [9.17, 15) is 23.5 Å². The van der Waals surface area contributed by atoms with E-state index in [-0.39, 0.29) is 59.5 Å². The van der Waals surface area contributed by atoms with Crippen molar-refractivity contribution in [2.75, 3.05) is 10.6 Å². The van der Waals surface area contributed by atoms with Crippen LogP contribution in [0.1, 0.15) is 80.1 Å². The minimum absolute atomic E-state index is 0. The summed E-state index contributed by atoms with van der Waals surface area (Å²) in [5, 5.41) is 23.6. The first-order valence-electron chi connectivity index (χ1n) is 12.8. The summed E-state index contributed by atoms with van der Waals surface area (Å²) in [6, 6.07) is 6.75. The molecule has 0 saturated heterocycles. The van der Waals surface area contributed by atoms with Crippen LogP contribution in [0.15, 0.2) is 40.9 Å². The SMILES string of the molecule is O=C([O-])CC1CCC2(CC1)CCC(c1ccc(NC(=O)c3nnc(Nc4ccc(F)c(F)c4)o3)cn1)CC2.[Na+]. The number of benzene rings is 1. The van der Waals surface area contributed by atoms with Crippen LogP contribution in [-0.2, 0) is 4.79 Å². The molecule has 200 valence electrons. The Labute approximate surface area is 246 Å². The molecule has 2 aliphatic carbocycles. The van der Waals surface area contributed by atoms with E-state index in [1.165, 1.54) is 6.07 Å². The first kappa shape index (κ1) is 29.1. The quantitative estimate of drug-likeness (QED) is 0.428. The molecule has 1 aromatic carbocycles. The van der Waals surface area contributed by atoms with E-state index in [0.717, 1.165) is 69.2 Å². The molecular formula is C27H28F2N5NaO4. The number of pyridine rings is 1. The van der Waals surface area contributed by atoms with E-state index in [4.69, 9.17) is 4.42 Å². The molecule has 5 rings (SSSR count). The number of aromatic nitrogens is 3. The van der Waals surface area contributed by atoms with Gasteiger partial charge in [-0.3, -0.25) is 9.78 Å². The van der Waals surface area contributed by atoms with Gasteiger partial charge in [0.25, 0.3) is 0 Å². The number of hydrogen-bond donors (Lipinski definition) is 2. The zero-order valence-corrected chi connectivity index (χ0v) is 23.7. The summed E-state index contributed by atoms with van der Waals surface area (Å²) in [6.45, 7) is 0. The predicted octanol–water partition coefficient (Wildman–Crippen LogP) is 1.72. The summed E-state index contributed by atoms with van der Waals surface area (Å²) in [4.78, 5) is 28.0. The normalized spacial score (nSPS) is 22.6. The molecule has 1 amide bonds. The molecule has 3 aromatic rings. The fraction of sp³-hybridized carbons (Fsp3) is 0.444. The molecule has 0 bridgehead atoms. The van der Waals surface area contributed by atoms with Gasteiger partial charge in [-0.05, 0) is 93.4 Å². The Morgan fingerprint density at radius 3 is 2.31 bits per heavy atom. The molecule has 12 heteroatoms. The van der Waals surface area contributed by atoms with Gasteiger partial charge in [0.15, 0.2) is 11.6 Å². The zero-order valence-electron chi connectivity index (χ0n) is 21.7. The number of amides is 1. The number of nitrogens with one attached hydrogen (secondary N) is 2. The topological polar surface area (TPSA) is 133 Å². The Morgan fingerprint density at radius 2 is 1.67 bits per heavy atom. The molecule has 2 fully saturated rings. The monoisotopic (exact) mass is 547 g/mol. The molecule has 0 atom stereocenters. The molecular weight excluding hydrogens is 519 g/mol. The molecule has 2 N–H and O–H groups in total. The maximum absolute atomic E-state index is 13.4. The fourth-order valence-electron chi connectivity index (χ4n) is 5.72. The number of rotatable bonds is 7. The summed E-state index contributed by atoms with van der Waals surface area (Å²) in [7, 11) is 0. The molecule has 2 heterocycles. The molecule has 1 spiro atoms. The van der Waals surface area contributed by atoms with Crippen LogP contribution in [0.25, 0.3) is 0 Å². The second-order valence-electron chi connectivity index (χ2n) is 10.4. The van der Waals surface area contributed by atoms with Gasteiger partial charge in [0.1, 0.15) is 0 Å². The predicted molar refractivity (Wildman–Crippen MR) is 131 cm³/mol. The number of carboxylic acid groups (broad SMARTS) is 1. The van der Waals surface area contributed by atoms with Gasteiger partial charge >= 0.3 is 47.4 Å². The van der Waals surface area contributed by atoms with Gasteiger partial charge in [0, 0.05) is 29.3 Å². The van der Waals surface area contributed by atoms with Crippen molar-refractivity contribution < 1.29 is 57.5 Å². The van der Waals surface area contributed by atoms with Crippen molar-refractivity contribution in [3.63, 3.8) is 0 Å². The second-order valence-corrected chi connectivity index (χ2v) is 10.4. The third-order valence-corrected chi connectivity index (χ3v) is 7.92. The number of carbonyl (C=O) groups excluding carboxylic acids is 2. The average molecular weight is 548 g/mol. The van der Waals surface area contributed by atoms with Crippen molar-refractivity contribution in [3.05, 3.63) is 59.7 Å². The summed E-state index contributed by atoms with van der Waals surface area (Å²) in [5.74, 6) is -3.28. The minimum Gasteiger partial charge on any atom is -0.550 e. The first-order chi connectivity index (χ1) is 18.3. The van der Waals surface area contributed by atoms with Gasteiger partial charge in [0.2, 0.25) is 0 Å². The number of aliphatic carboxylic acids is 1. The largest absolute Gasteiger partial charge is 1.00 e. The Bertz CT molecular complexity index is 1300. The third kappa shape index (κ3) is 7.20. The Kier molecular flexibility index (Phi) is 9.35. The Morgan fingerprint density at radius 1 is 0.974 bits per heavy atom. The van der Waals surface area contributed by atoms with E-state index in [1.807, 2.05) is 6.07 Å². The van der Waals surface area contributed by atoms with Crippen LogP contribution in [0.2, 0.25) is 0 Å². The molecule has 0 unspecified atom stereocenters. The van der Waals surface area contributed by atoms with Gasteiger partial charge < -0.3 is 25.0 Å². The van der Waals surface area contributed by atoms with Crippen LogP contribution >= 0.6 is 0 Å². The van der Waals surface area contributed by atoms with Crippen molar-refractivity contribution >= 4 is 29.3 Å². The second kappa shape index (κ2) is 12.5. The zero-order chi connectivity index (χ0) is 26.7. The van der Waals surface area contributed by atoms with Gasteiger partial charge in [-0.2, -0.15) is 0 Å². The summed E-state index contributed by atoms with van der Waals surface area (Å²) < 4.78 is 31.7. The minimum atomic E-state index is -1.03. The van der Waals surface area contributed by atoms with Crippen molar-refractivity contribution in [2.24, 2.45) is 11.3 Å². The average Bonchev–Trinajstić information content (AvgIpc) is 3.37. The van der Waals surface area contributed by atoms with E-state index in [2.05, 4.69) is 25.8 Å². The van der Waals surface area contributed by atoms with Crippen LogP contribution < -0.4 is 45.3 Å². The van der Waals surface area contributed by atoms with Gasteiger partial charge in [-0.1, -0.05) is 5.10 Å². The van der Waals surface area contributed by atoms with Gasteiger partial charge in [-0.25, -0.2) is 8.78 Å². The van der Waals surface area contributed by atoms with Crippen LogP contribution in [0, 0.1) is 23.0 Å². The summed E-state index contributed by atoms with van der Waals surface area (Å²) in [6.07, 6.45) is 10.2. The number of carbonyl (C=O) groups is 2. The van der Waals surface area contributed by atoms with Gasteiger partial charge in [-0.15, -0.1) is 5.10 Å². The van der Waals surface area contributed by atoms with E-state index in [0.29, 0.717) is 17.0 Å². The van der Waals surface area contributed by atoms with E-state index >= 15 is 0 Å². The number of halogens is 2. The van der Waals surface area contributed by atoms with E-state index in [1.54, 1.807) is 12.3 Å². The third-order valence-electron chi connectivity index (χ3n) is 7.92. The van der Waals surface area contributed by atoms with Crippen LogP contribution in [0.5, 0.6) is 0 Å². The maximum Gasteiger partial charge on any atom is 1.00 e. The molecule has 2 aliphatic rings. The molecule has 0 aliphatic heterocycles. The van der Waals surface area contributed by atoms with Crippen molar-refractivity contribution in [1.29, 1.82) is 0 Å². The number of anilines is 3. The number of hydrogen-bond acceptors (Lipinski definition) is 8. The molecule has 39 heavy (non-hydrogen) atoms. The molecule has 9 nitrogen and oxygen atoms in total. The maximum atomic E-state index is 13.4. The molecule has 2 aromatic heterocycles. The van der Waals surface area contributed by atoms with Crippen LogP contribution in [0.3, 0.4) is 0 Å². The standard InChI is InChI=1S/C27H29F2N5O4.Na/c28-20-3-1-18(14-21(20)29)32-26-34-33-25(38-26)24(37)31-19-2-4-22(30-15-19)17-7-11-27(12-8-17)9-5-16(6-10-27)13-23(35)36;/h1-4,14-17H,5-13H2,(H,31,37)(H,32,34)(H,35,36);/q;+1/p-1. The van der Waals surface area contributed by atoms with Crippen LogP contribution in [0.4, 0.5) is 26.2 Å². The van der Waals surface area contributed by atoms with Crippen LogP contribution in [-0.4, -0.2) is 27.1 Å². The number of nitrogens with zero attached hydrogens (tertiary/aromatic N) is 3. The summed E-state index contributed by atoms with van der Waals surface area (Å²) >= 11 is 0. The van der Waals surface area contributed by atoms with E-state index < -0.39 is 23.5 Å². The van der Waals surface area contributed by atoms with Crippen molar-refractivity contribution in [2.45, 2.75) is 63.7 Å². The fourth-order valence-corrected chi connectivity index (χ4v) is 5.72. The van der Waals surface area contributed by atoms with Gasteiger partial charge in [0.05, 0.1) is 11.9 Å².